The first-order valence-electron chi connectivity index (χ1n) is 30.3. The highest BCUT2D eigenvalue weighted by atomic mass is 16.6. The Bertz CT molecular complexity index is 1840. The molecule has 0 heterocycles. The summed E-state index contributed by atoms with van der Waals surface area (Å²) < 4.78 is 16.7. The number of unbranched alkanes of at least 4 members (excludes halogenated alkanes) is 11. The lowest BCUT2D eigenvalue weighted by atomic mass is 10.0. The minimum atomic E-state index is -0.855. The van der Waals surface area contributed by atoms with Crippen LogP contribution in [-0.4, -0.2) is 37.2 Å². The van der Waals surface area contributed by atoms with E-state index in [1.807, 2.05) is 24.3 Å². The van der Waals surface area contributed by atoms with Gasteiger partial charge in [-0.15, -0.1) is 0 Å². The van der Waals surface area contributed by atoms with Gasteiger partial charge in [0, 0.05) is 19.3 Å². The van der Waals surface area contributed by atoms with Crippen molar-refractivity contribution in [2.24, 2.45) is 0 Å². The smallest absolute Gasteiger partial charge is 0.306 e. The molecule has 0 spiro atoms. The summed E-state index contributed by atoms with van der Waals surface area (Å²) in [6.07, 6.45) is 95.1. The Kier molecular flexibility index (Phi) is 58.6. The Morgan fingerprint density at radius 3 is 0.805 bits per heavy atom. The molecule has 0 aliphatic heterocycles. The van der Waals surface area contributed by atoms with Crippen molar-refractivity contribution in [1.29, 1.82) is 0 Å². The summed E-state index contributed by atoms with van der Waals surface area (Å²) in [7, 11) is 0. The average Bonchev–Trinajstić information content (AvgIpc) is 3.43. The minimum Gasteiger partial charge on any atom is -0.462 e. The van der Waals surface area contributed by atoms with Crippen molar-refractivity contribution in [3.8, 4) is 0 Å². The molecule has 0 radical (unpaired) electrons. The van der Waals surface area contributed by atoms with Crippen LogP contribution in [0.25, 0.3) is 0 Å². The van der Waals surface area contributed by atoms with Crippen LogP contribution in [0.1, 0.15) is 226 Å². The SMILES string of the molecule is CC/C=C\C/C=C\C/C=C\C/C=C\C/C=C\C/C=C\C/C=C\CCCCCCCCCCCCCC(=O)OCC(COC(=O)CC/C=C\C/C=C\C/C=C\C/C=C\CC)OC(=O)CC/C=C\C/C=C\C/C=C\C/C=C\CC. The zero-order valence-corrected chi connectivity index (χ0v) is 48.9. The molecule has 1 unspecified atom stereocenters. The first-order valence-corrected chi connectivity index (χ1v) is 30.3. The lowest BCUT2D eigenvalue weighted by molar-refractivity contribution is -0.166. The Morgan fingerprint density at radius 1 is 0.260 bits per heavy atom. The number of esters is 3. The molecule has 0 bridgehead atoms. The predicted molar refractivity (Wildman–Crippen MR) is 334 cm³/mol. The molecule has 0 aliphatic carbocycles. The molecule has 0 rings (SSSR count). The summed E-state index contributed by atoms with van der Waals surface area (Å²) in [4.78, 5) is 38.0. The van der Waals surface area contributed by atoms with Crippen LogP contribution >= 0.6 is 0 Å². The summed E-state index contributed by atoms with van der Waals surface area (Å²) in [5.41, 5.74) is 0. The van der Waals surface area contributed by atoms with Crippen LogP contribution in [0.2, 0.25) is 0 Å². The van der Waals surface area contributed by atoms with Gasteiger partial charge >= 0.3 is 17.9 Å². The predicted octanol–water partition coefficient (Wildman–Crippen LogP) is 20.9. The molecular formula is C71H108O6. The number of carbonyl (C=O) groups is 3. The molecule has 77 heavy (non-hydrogen) atoms. The quantitative estimate of drug-likeness (QED) is 0.0261. The van der Waals surface area contributed by atoms with E-state index in [2.05, 4.69) is 179 Å². The molecule has 0 fully saturated rings. The van der Waals surface area contributed by atoms with Gasteiger partial charge in [0.25, 0.3) is 0 Å². The van der Waals surface area contributed by atoms with Gasteiger partial charge in [0.05, 0.1) is 0 Å². The van der Waals surface area contributed by atoms with E-state index < -0.39 is 12.1 Å². The Labute approximate surface area is 472 Å². The number of carbonyl (C=O) groups excluding carboxylic acids is 3. The molecule has 0 saturated heterocycles. The van der Waals surface area contributed by atoms with Crippen LogP contribution in [-0.2, 0) is 28.6 Å². The van der Waals surface area contributed by atoms with Crippen molar-refractivity contribution in [2.75, 3.05) is 13.2 Å². The van der Waals surface area contributed by atoms with E-state index in [4.69, 9.17) is 14.2 Å². The van der Waals surface area contributed by atoms with Crippen LogP contribution in [0.4, 0.5) is 0 Å². The van der Waals surface area contributed by atoms with Crippen LogP contribution in [0.5, 0.6) is 0 Å². The Morgan fingerprint density at radius 2 is 0.494 bits per heavy atom. The largest absolute Gasteiger partial charge is 0.462 e. The molecule has 0 amide bonds. The van der Waals surface area contributed by atoms with Gasteiger partial charge in [-0.1, -0.05) is 261 Å². The third kappa shape index (κ3) is 61.2. The molecule has 0 aromatic rings. The first kappa shape index (κ1) is 71.5. The van der Waals surface area contributed by atoms with Crippen LogP contribution in [0, 0.1) is 0 Å². The van der Waals surface area contributed by atoms with Crippen molar-refractivity contribution in [3.63, 3.8) is 0 Å². The molecule has 6 nitrogen and oxygen atoms in total. The molecule has 6 heteroatoms. The summed E-state index contributed by atoms with van der Waals surface area (Å²) in [6, 6.07) is 0. The maximum atomic E-state index is 12.8. The monoisotopic (exact) mass is 1060 g/mol. The molecule has 0 aromatic heterocycles. The first-order chi connectivity index (χ1) is 38.0. The number of allylic oxidation sites excluding steroid dienone is 30. The van der Waals surface area contributed by atoms with E-state index in [9.17, 15) is 14.4 Å². The second-order valence-corrected chi connectivity index (χ2v) is 19.1. The van der Waals surface area contributed by atoms with E-state index >= 15 is 0 Å². The van der Waals surface area contributed by atoms with Gasteiger partial charge in [-0.2, -0.15) is 0 Å². The second kappa shape index (κ2) is 63.0. The van der Waals surface area contributed by atoms with Gasteiger partial charge in [0.2, 0.25) is 0 Å². The lowest BCUT2D eigenvalue weighted by Gasteiger charge is -2.18. The zero-order chi connectivity index (χ0) is 55.7. The van der Waals surface area contributed by atoms with E-state index in [1.54, 1.807) is 0 Å². The summed E-state index contributed by atoms with van der Waals surface area (Å²) in [6.45, 7) is 6.14. The van der Waals surface area contributed by atoms with Crippen LogP contribution in [0.15, 0.2) is 182 Å². The average molecular weight is 1060 g/mol. The normalized spacial score (nSPS) is 13.4. The fourth-order valence-electron chi connectivity index (χ4n) is 7.51. The number of hydrogen-bond donors (Lipinski definition) is 0. The number of hydrogen-bond acceptors (Lipinski definition) is 6. The summed E-state index contributed by atoms with van der Waals surface area (Å²) >= 11 is 0. The zero-order valence-electron chi connectivity index (χ0n) is 48.9. The standard InChI is InChI=1S/C71H108O6/c1-4-7-10-13-16-19-22-25-26-27-28-29-30-31-32-33-34-35-36-37-38-39-40-41-42-43-44-47-49-52-55-58-61-64-70(73)76-67-68(77-71(74)65-62-59-56-53-50-46-24-21-18-15-12-9-6-3)66-75-69(72)63-60-57-54-51-48-45-23-20-17-14-11-8-5-2/h7-12,16-21,25-26,28-29,31-32,34-35,37-38,45-46,48,50,54,56-57,59,68H,4-6,13-15,22-24,27,30,33,36,39-44,47,49,51-53,55,58,60-67H2,1-3H3/b10-7-,11-8-,12-9-,19-16-,20-17-,21-18-,26-25-,29-28-,32-31-,35-34-,38-37-,48-45-,50-46-,57-54-,59-56-. The van der Waals surface area contributed by atoms with Gasteiger partial charge < -0.3 is 14.2 Å². The topological polar surface area (TPSA) is 78.9 Å². The molecule has 428 valence electrons. The number of ether oxygens (including phenoxy) is 3. The van der Waals surface area contributed by atoms with E-state index in [0.29, 0.717) is 19.3 Å². The highest BCUT2D eigenvalue weighted by Crippen LogP contribution is 2.14. The molecule has 0 aliphatic rings. The second-order valence-electron chi connectivity index (χ2n) is 19.1. The van der Waals surface area contributed by atoms with E-state index in [0.717, 1.165) is 116 Å². The molecule has 1 atom stereocenters. The van der Waals surface area contributed by atoms with Gasteiger partial charge in [0.1, 0.15) is 13.2 Å². The van der Waals surface area contributed by atoms with Crippen molar-refractivity contribution >= 4 is 17.9 Å². The van der Waals surface area contributed by atoms with Crippen molar-refractivity contribution in [2.45, 2.75) is 232 Å². The van der Waals surface area contributed by atoms with Crippen molar-refractivity contribution in [1.82, 2.24) is 0 Å². The fraction of sp³-hybridized carbons (Fsp3) is 0.535. The summed E-state index contributed by atoms with van der Waals surface area (Å²) in [5, 5.41) is 0. The maximum Gasteiger partial charge on any atom is 0.306 e. The third-order valence-corrected chi connectivity index (χ3v) is 11.9. The Hall–Kier alpha value is -5.49. The van der Waals surface area contributed by atoms with Crippen LogP contribution in [0.3, 0.4) is 0 Å². The highest BCUT2D eigenvalue weighted by Gasteiger charge is 2.19. The number of rotatable bonds is 52. The molecular weight excluding hydrogens is 949 g/mol. The van der Waals surface area contributed by atoms with Crippen molar-refractivity contribution < 1.29 is 28.6 Å². The maximum absolute atomic E-state index is 12.8. The molecule has 0 saturated carbocycles. The van der Waals surface area contributed by atoms with Crippen molar-refractivity contribution in [3.05, 3.63) is 182 Å². The third-order valence-electron chi connectivity index (χ3n) is 11.9. The van der Waals surface area contributed by atoms with E-state index in [1.165, 1.54) is 57.8 Å². The molecule has 0 N–H and O–H groups in total. The minimum absolute atomic E-state index is 0.138. The van der Waals surface area contributed by atoms with Gasteiger partial charge in [-0.25, -0.2) is 0 Å². The Balaban J connectivity index is 4.31. The molecule has 0 aromatic carbocycles. The summed E-state index contributed by atoms with van der Waals surface area (Å²) in [5.74, 6) is -1.12. The van der Waals surface area contributed by atoms with E-state index in [-0.39, 0.29) is 38.0 Å². The van der Waals surface area contributed by atoms with Crippen LogP contribution < -0.4 is 0 Å². The van der Waals surface area contributed by atoms with Gasteiger partial charge in [-0.05, 0) is 128 Å². The van der Waals surface area contributed by atoms with Gasteiger partial charge in [0.15, 0.2) is 6.10 Å². The highest BCUT2D eigenvalue weighted by molar-refractivity contribution is 5.71. The lowest BCUT2D eigenvalue weighted by Crippen LogP contribution is -2.30. The van der Waals surface area contributed by atoms with Gasteiger partial charge in [-0.3, -0.25) is 14.4 Å². The fourth-order valence-corrected chi connectivity index (χ4v) is 7.51.